The van der Waals surface area contributed by atoms with E-state index < -0.39 is 0 Å². The Labute approximate surface area is 74.8 Å². The first-order valence-corrected chi connectivity index (χ1v) is 5.09. The van der Waals surface area contributed by atoms with Crippen LogP contribution < -0.4 is 0 Å². The van der Waals surface area contributed by atoms with E-state index in [2.05, 4.69) is 26.0 Å². The van der Waals surface area contributed by atoms with Gasteiger partial charge in [0.15, 0.2) is 0 Å². The maximum Gasteiger partial charge on any atom is 0.0920 e. The number of allylic oxidation sites excluding steroid dienone is 2. The first kappa shape index (κ1) is 8.31. The van der Waals surface area contributed by atoms with E-state index in [1.807, 2.05) is 0 Å². The average molecular weight is 166 g/mol. The molecule has 68 valence electrons. The number of ether oxygens (including phenoxy) is 1. The Morgan fingerprint density at radius 3 is 3.08 bits per heavy atom. The van der Waals surface area contributed by atoms with Crippen molar-refractivity contribution in [3.8, 4) is 0 Å². The number of epoxide rings is 1. The van der Waals surface area contributed by atoms with E-state index in [4.69, 9.17) is 4.74 Å². The topological polar surface area (TPSA) is 12.5 Å². The van der Waals surface area contributed by atoms with Crippen LogP contribution in [-0.4, -0.2) is 11.7 Å². The fraction of sp³-hybridized carbons (Fsp3) is 0.818. The molecule has 2 aliphatic rings. The maximum atomic E-state index is 5.64. The van der Waals surface area contributed by atoms with Gasteiger partial charge in [-0.15, -0.1) is 0 Å². The monoisotopic (exact) mass is 166 g/mol. The van der Waals surface area contributed by atoms with Gasteiger partial charge >= 0.3 is 0 Å². The van der Waals surface area contributed by atoms with Crippen LogP contribution in [0.5, 0.6) is 0 Å². The zero-order valence-corrected chi connectivity index (χ0v) is 8.05. The third-order valence-corrected chi connectivity index (χ3v) is 3.21. The second-order valence-corrected chi connectivity index (χ2v) is 4.29. The van der Waals surface area contributed by atoms with Crippen molar-refractivity contribution in [3.05, 3.63) is 12.2 Å². The van der Waals surface area contributed by atoms with Gasteiger partial charge in [-0.25, -0.2) is 0 Å². The van der Waals surface area contributed by atoms with Crippen molar-refractivity contribution in [1.82, 2.24) is 0 Å². The molecule has 0 N–H and O–H groups in total. The van der Waals surface area contributed by atoms with Crippen molar-refractivity contribution in [2.45, 2.75) is 51.2 Å². The maximum absolute atomic E-state index is 5.64. The highest BCUT2D eigenvalue weighted by atomic mass is 16.6. The molecule has 1 nitrogen and oxygen atoms in total. The molecule has 1 heteroatoms. The highest BCUT2D eigenvalue weighted by Gasteiger charge is 2.54. The summed E-state index contributed by atoms with van der Waals surface area (Å²) in [4.78, 5) is 0. The minimum Gasteiger partial charge on any atom is -0.366 e. The largest absolute Gasteiger partial charge is 0.366 e. The van der Waals surface area contributed by atoms with Crippen LogP contribution in [0.25, 0.3) is 0 Å². The normalized spacial score (nSPS) is 46.2. The Hall–Kier alpha value is -0.300. The molecule has 0 amide bonds. The summed E-state index contributed by atoms with van der Waals surface area (Å²) < 4.78 is 5.64. The zero-order chi connectivity index (χ0) is 8.60. The van der Waals surface area contributed by atoms with Gasteiger partial charge in [0.25, 0.3) is 0 Å². The molecule has 12 heavy (non-hydrogen) atoms. The Bertz CT molecular complexity index is 197. The van der Waals surface area contributed by atoms with Crippen LogP contribution in [0.1, 0.15) is 39.5 Å². The molecular formula is C11H18O. The second kappa shape index (κ2) is 2.88. The smallest absolute Gasteiger partial charge is 0.0920 e. The molecule has 0 aromatic carbocycles. The molecule has 0 spiro atoms. The summed E-state index contributed by atoms with van der Waals surface area (Å²) in [7, 11) is 0. The van der Waals surface area contributed by atoms with Gasteiger partial charge in [0.2, 0.25) is 0 Å². The van der Waals surface area contributed by atoms with Crippen molar-refractivity contribution in [3.63, 3.8) is 0 Å². The Balaban J connectivity index is 1.85. The molecule has 1 aliphatic carbocycles. The van der Waals surface area contributed by atoms with E-state index >= 15 is 0 Å². The Morgan fingerprint density at radius 1 is 1.58 bits per heavy atom. The molecule has 2 fully saturated rings. The fourth-order valence-corrected chi connectivity index (χ4v) is 2.18. The van der Waals surface area contributed by atoms with Gasteiger partial charge in [0.05, 0.1) is 11.7 Å². The highest BCUT2D eigenvalue weighted by molar-refractivity contribution is 5.06. The summed E-state index contributed by atoms with van der Waals surface area (Å²) in [6.07, 6.45) is 10.3. The summed E-state index contributed by atoms with van der Waals surface area (Å²) in [6.45, 7) is 4.44. The van der Waals surface area contributed by atoms with Gasteiger partial charge in [-0.2, -0.15) is 0 Å². The third-order valence-electron chi connectivity index (χ3n) is 3.21. The van der Waals surface area contributed by atoms with E-state index in [1.165, 1.54) is 25.7 Å². The van der Waals surface area contributed by atoms with Crippen LogP contribution in [-0.2, 0) is 4.74 Å². The van der Waals surface area contributed by atoms with E-state index in [1.54, 1.807) is 0 Å². The number of hydrogen-bond acceptors (Lipinski definition) is 1. The van der Waals surface area contributed by atoms with E-state index in [0.29, 0.717) is 6.10 Å². The minimum absolute atomic E-state index is 0.288. The molecule has 3 unspecified atom stereocenters. The first-order chi connectivity index (χ1) is 5.74. The Kier molecular flexibility index (Phi) is 1.99. The van der Waals surface area contributed by atoms with Crippen LogP contribution in [0, 0.1) is 5.92 Å². The standard InChI is InChI=1S/C11H18O/c1-3-4-5-9-6-7-11(2)10(8-9)12-11/h4-5,9-10H,3,6-8H2,1-2H3/b5-4+. The molecule has 0 aromatic heterocycles. The molecule has 3 atom stereocenters. The van der Waals surface area contributed by atoms with Gasteiger partial charge in [0, 0.05) is 0 Å². The zero-order valence-electron chi connectivity index (χ0n) is 8.05. The number of fused-ring (bicyclic) bond motifs is 1. The summed E-state index contributed by atoms with van der Waals surface area (Å²) in [5, 5.41) is 0. The predicted molar refractivity (Wildman–Crippen MR) is 50.1 cm³/mol. The van der Waals surface area contributed by atoms with E-state index in [9.17, 15) is 0 Å². The minimum atomic E-state index is 0.288. The number of rotatable bonds is 2. The van der Waals surface area contributed by atoms with Crippen molar-refractivity contribution < 1.29 is 4.74 Å². The molecule has 1 saturated heterocycles. The van der Waals surface area contributed by atoms with Gasteiger partial charge in [-0.05, 0) is 38.5 Å². The summed E-state index contributed by atoms with van der Waals surface area (Å²) in [5.41, 5.74) is 0.288. The SMILES string of the molecule is CC/C=C/C1CCC2(C)OC2C1. The van der Waals surface area contributed by atoms with Gasteiger partial charge in [-0.1, -0.05) is 19.1 Å². The fourth-order valence-electron chi connectivity index (χ4n) is 2.18. The predicted octanol–water partition coefficient (Wildman–Crippen LogP) is 2.91. The molecule has 1 saturated carbocycles. The summed E-state index contributed by atoms with van der Waals surface area (Å²) >= 11 is 0. The van der Waals surface area contributed by atoms with Crippen molar-refractivity contribution in [1.29, 1.82) is 0 Å². The number of hydrogen-bond donors (Lipinski definition) is 0. The average Bonchev–Trinajstić information content (AvgIpc) is 2.72. The third kappa shape index (κ3) is 1.42. The van der Waals surface area contributed by atoms with Crippen molar-refractivity contribution in [2.75, 3.05) is 0 Å². The second-order valence-electron chi connectivity index (χ2n) is 4.29. The lowest BCUT2D eigenvalue weighted by Gasteiger charge is -2.18. The summed E-state index contributed by atoms with van der Waals surface area (Å²) in [5.74, 6) is 0.797. The van der Waals surface area contributed by atoms with Crippen molar-refractivity contribution >= 4 is 0 Å². The van der Waals surface area contributed by atoms with E-state index in [0.717, 1.165) is 5.92 Å². The summed E-state index contributed by atoms with van der Waals surface area (Å²) in [6, 6.07) is 0. The molecule has 0 bridgehead atoms. The lowest BCUT2D eigenvalue weighted by atomic mass is 9.83. The molecule has 2 rings (SSSR count). The molecule has 0 aromatic rings. The van der Waals surface area contributed by atoms with Gasteiger partial charge < -0.3 is 4.74 Å². The molecule has 1 heterocycles. The quantitative estimate of drug-likeness (QED) is 0.454. The van der Waals surface area contributed by atoms with Crippen LogP contribution in [0.3, 0.4) is 0 Å². The van der Waals surface area contributed by atoms with Crippen LogP contribution in [0.4, 0.5) is 0 Å². The van der Waals surface area contributed by atoms with Gasteiger partial charge in [-0.3, -0.25) is 0 Å². The lowest BCUT2D eigenvalue weighted by Crippen LogP contribution is -2.19. The van der Waals surface area contributed by atoms with Crippen molar-refractivity contribution in [2.24, 2.45) is 5.92 Å². The van der Waals surface area contributed by atoms with Gasteiger partial charge in [0.1, 0.15) is 0 Å². The van der Waals surface area contributed by atoms with Crippen LogP contribution >= 0.6 is 0 Å². The van der Waals surface area contributed by atoms with Crippen LogP contribution in [0.15, 0.2) is 12.2 Å². The van der Waals surface area contributed by atoms with Crippen LogP contribution in [0.2, 0.25) is 0 Å². The lowest BCUT2D eigenvalue weighted by molar-refractivity contribution is 0.303. The van der Waals surface area contributed by atoms with E-state index in [-0.39, 0.29) is 5.60 Å². The highest BCUT2D eigenvalue weighted by Crippen LogP contribution is 2.49. The molecular weight excluding hydrogens is 148 g/mol. The Morgan fingerprint density at radius 2 is 2.42 bits per heavy atom. The first-order valence-electron chi connectivity index (χ1n) is 5.09. The molecule has 1 aliphatic heterocycles. The molecule has 0 radical (unpaired) electrons.